The zero-order chi connectivity index (χ0) is 14.5. The van der Waals surface area contributed by atoms with Gasteiger partial charge in [0.05, 0.1) is 0 Å². The van der Waals surface area contributed by atoms with Crippen molar-refractivity contribution in [3.8, 4) is 0 Å². The van der Waals surface area contributed by atoms with Crippen molar-refractivity contribution in [3.05, 3.63) is 40.9 Å². The van der Waals surface area contributed by atoms with Crippen molar-refractivity contribution < 1.29 is 9.13 Å². The molecule has 0 saturated heterocycles. The fourth-order valence-electron chi connectivity index (χ4n) is 1.61. The Labute approximate surface area is 120 Å². The first-order valence-corrected chi connectivity index (χ1v) is 6.39. The highest BCUT2D eigenvalue weighted by atomic mass is 35.5. The molecule has 0 radical (unpaired) electrons. The molecular formula is C13H14ClFN4O. The van der Waals surface area contributed by atoms with Crippen molar-refractivity contribution >= 4 is 28.9 Å². The average Bonchev–Trinajstić information content (AvgIpc) is 2.34. The van der Waals surface area contributed by atoms with E-state index < -0.39 is 5.82 Å². The number of nitrogens with two attached hydrogens (primary N) is 1. The van der Waals surface area contributed by atoms with E-state index in [-0.39, 0.29) is 6.61 Å². The number of aromatic nitrogens is 2. The highest BCUT2D eigenvalue weighted by Gasteiger charge is 2.05. The normalized spacial score (nSPS) is 10.6. The number of rotatable bonds is 5. The molecule has 3 N–H and O–H groups in total. The molecule has 106 valence electrons. The van der Waals surface area contributed by atoms with Crippen LogP contribution in [0, 0.1) is 5.82 Å². The fourth-order valence-corrected chi connectivity index (χ4v) is 1.84. The van der Waals surface area contributed by atoms with E-state index in [0.717, 1.165) is 0 Å². The number of nitrogens with zero attached hydrogens (tertiary/aromatic N) is 2. The van der Waals surface area contributed by atoms with Gasteiger partial charge in [-0.25, -0.2) is 14.4 Å². The molecule has 0 aliphatic heterocycles. The Morgan fingerprint density at radius 1 is 1.30 bits per heavy atom. The lowest BCUT2D eigenvalue weighted by atomic mass is 10.3. The molecule has 0 atom stereocenters. The van der Waals surface area contributed by atoms with E-state index in [0.29, 0.717) is 34.8 Å². The average molecular weight is 297 g/mol. The predicted octanol–water partition coefficient (Wildman–Crippen LogP) is 3.13. The second-order valence-electron chi connectivity index (χ2n) is 4.01. The van der Waals surface area contributed by atoms with Gasteiger partial charge in [0, 0.05) is 23.4 Å². The topological polar surface area (TPSA) is 73.1 Å². The maximum Gasteiger partial charge on any atom is 0.158 e. The minimum atomic E-state index is -0.434. The molecule has 2 rings (SSSR count). The number of nitrogens with one attached hydrogen (secondary N) is 1. The van der Waals surface area contributed by atoms with E-state index in [4.69, 9.17) is 22.1 Å². The second-order valence-corrected chi connectivity index (χ2v) is 4.45. The summed E-state index contributed by atoms with van der Waals surface area (Å²) in [5.41, 5.74) is 6.18. The third kappa shape index (κ3) is 4.04. The number of halogens is 2. The number of nitrogen functional groups attached to an aromatic ring is 1. The molecule has 1 aromatic carbocycles. The highest BCUT2D eigenvalue weighted by molar-refractivity contribution is 6.30. The van der Waals surface area contributed by atoms with Gasteiger partial charge in [-0.05, 0) is 25.1 Å². The van der Waals surface area contributed by atoms with Gasteiger partial charge in [-0.2, -0.15) is 0 Å². The van der Waals surface area contributed by atoms with Gasteiger partial charge in [-0.3, -0.25) is 0 Å². The zero-order valence-electron chi connectivity index (χ0n) is 10.9. The van der Waals surface area contributed by atoms with Gasteiger partial charge in [0.2, 0.25) is 0 Å². The van der Waals surface area contributed by atoms with E-state index in [9.17, 15) is 4.39 Å². The third-order valence-electron chi connectivity index (χ3n) is 2.36. The van der Waals surface area contributed by atoms with Gasteiger partial charge >= 0.3 is 0 Å². The van der Waals surface area contributed by atoms with Crippen LogP contribution in [0.25, 0.3) is 0 Å². The predicted molar refractivity (Wildman–Crippen MR) is 76.5 cm³/mol. The summed E-state index contributed by atoms with van der Waals surface area (Å²) >= 11 is 5.79. The van der Waals surface area contributed by atoms with Crippen LogP contribution in [0.2, 0.25) is 5.02 Å². The van der Waals surface area contributed by atoms with E-state index in [1.807, 2.05) is 6.92 Å². The van der Waals surface area contributed by atoms with Crippen LogP contribution in [0.3, 0.4) is 0 Å². The third-order valence-corrected chi connectivity index (χ3v) is 2.58. The summed E-state index contributed by atoms with van der Waals surface area (Å²) in [5, 5.41) is 3.23. The Kier molecular flexibility index (Phi) is 4.70. The number of hydrogen-bond donors (Lipinski definition) is 2. The fraction of sp³-hybridized carbons (Fsp3) is 0.231. The van der Waals surface area contributed by atoms with Crippen molar-refractivity contribution in [1.29, 1.82) is 0 Å². The lowest BCUT2D eigenvalue weighted by Gasteiger charge is -2.09. The van der Waals surface area contributed by atoms with Crippen molar-refractivity contribution in [2.75, 3.05) is 17.7 Å². The van der Waals surface area contributed by atoms with Gasteiger partial charge in [-0.15, -0.1) is 0 Å². The highest BCUT2D eigenvalue weighted by Crippen LogP contribution is 2.22. The van der Waals surface area contributed by atoms with E-state index in [1.165, 1.54) is 12.1 Å². The lowest BCUT2D eigenvalue weighted by molar-refractivity contribution is 0.128. The Balaban J connectivity index is 2.21. The number of benzene rings is 1. The molecular weight excluding hydrogens is 283 g/mol. The van der Waals surface area contributed by atoms with Crippen LogP contribution in [0.1, 0.15) is 12.7 Å². The zero-order valence-corrected chi connectivity index (χ0v) is 11.6. The van der Waals surface area contributed by atoms with Gasteiger partial charge < -0.3 is 15.8 Å². The van der Waals surface area contributed by atoms with Crippen LogP contribution in [-0.2, 0) is 11.3 Å². The van der Waals surface area contributed by atoms with Crippen LogP contribution < -0.4 is 11.1 Å². The summed E-state index contributed by atoms with van der Waals surface area (Å²) < 4.78 is 18.5. The molecule has 1 aromatic heterocycles. The summed E-state index contributed by atoms with van der Waals surface area (Å²) in [7, 11) is 0. The second kappa shape index (κ2) is 6.49. The molecule has 0 aliphatic carbocycles. The van der Waals surface area contributed by atoms with Gasteiger partial charge in [0.1, 0.15) is 24.1 Å². The summed E-state index contributed by atoms with van der Waals surface area (Å²) in [6.07, 6.45) is 0. The SMILES string of the molecule is CCOCc1nc(N)cc(Nc2cc(F)cc(Cl)c2)n1. The van der Waals surface area contributed by atoms with Crippen LogP contribution in [0.15, 0.2) is 24.3 Å². The summed E-state index contributed by atoms with van der Waals surface area (Å²) in [5.74, 6) is 0.780. The standard InChI is InChI=1S/C13H14ClFN4O/c1-2-20-7-13-18-11(16)6-12(19-13)17-10-4-8(14)3-9(15)5-10/h3-6H,2,7H2,1H3,(H3,16,17,18,19). The maximum atomic E-state index is 13.3. The Morgan fingerprint density at radius 2 is 2.10 bits per heavy atom. The molecule has 0 aliphatic rings. The molecule has 20 heavy (non-hydrogen) atoms. The van der Waals surface area contributed by atoms with E-state index >= 15 is 0 Å². The minimum Gasteiger partial charge on any atom is -0.384 e. The van der Waals surface area contributed by atoms with Crippen molar-refractivity contribution in [3.63, 3.8) is 0 Å². The van der Waals surface area contributed by atoms with Crippen LogP contribution in [0.4, 0.5) is 21.7 Å². The minimum absolute atomic E-state index is 0.264. The first-order chi connectivity index (χ1) is 9.56. The maximum absolute atomic E-state index is 13.3. The van der Waals surface area contributed by atoms with E-state index in [2.05, 4.69) is 15.3 Å². The molecule has 2 aromatic rings. The number of ether oxygens (including phenoxy) is 1. The first kappa shape index (κ1) is 14.5. The van der Waals surface area contributed by atoms with Crippen LogP contribution in [-0.4, -0.2) is 16.6 Å². The van der Waals surface area contributed by atoms with Crippen LogP contribution >= 0.6 is 11.6 Å². The molecule has 0 fully saturated rings. The van der Waals surface area contributed by atoms with Gasteiger partial charge in [-0.1, -0.05) is 11.6 Å². The van der Waals surface area contributed by atoms with E-state index in [1.54, 1.807) is 12.1 Å². The lowest BCUT2D eigenvalue weighted by Crippen LogP contribution is -2.05. The first-order valence-electron chi connectivity index (χ1n) is 6.01. The summed E-state index contributed by atoms with van der Waals surface area (Å²) in [6, 6.07) is 5.67. The van der Waals surface area contributed by atoms with Gasteiger partial charge in [0.25, 0.3) is 0 Å². The Hall–Kier alpha value is -1.92. The van der Waals surface area contributed by atoms with Crippen molar-refractivity contribution in [1.82, 2.24) is 9.97 Å². The monoisotopic (exact) mass is 296 g/mol. The molecule has 0 saturated carbocycles. The van der Waals surface area contributed by atoms with Crippen molar-refractivity contribution in [2.24, 2.45) is 0 Å². The molecule has 0 unspecified atom stereocenters. The van der Waals surface area contributed by atoms with Gasteiger partial charge in [0.15, 0.2) is 5.82 Å². The summed E-state index contributed by atoms with van der Waals surface area (Å²) in [4.78, 5) is 8.28. The summed E-state index contributed by atoms with van der Waals surface area (Å²) in [6.45, 7) is 2.70. The number of hydrogen-bond acceptors (Lipinski definition) is 5. The smallest absolute Gasteiger partial charge is 0.158 e. The van der Waals surface area contributed by atoms with Crippen molar-refractivity contribution in [2.45, 2.75) is 13.5 Å². The molecule has 0 bridgehead atoms. The largest absolute Gasteiger partial charge is 0.384 e. The molecule has 1 heterocycles. The molecule has 5 nitrogen and oxygen atoms in total. The molecule has 7 heteroatoms. The molecule has 0 spiro atoms. The quantitative estimate of drug-likeness (QED) is 0.887. The number of anilines is 3. The van der Waals surface area contributed by atoms with Crippen LogP contribution in [0.5, 0.6) is 0 Å². The Morgan fingerprint density at radius 3 is 2.80 bits per heavy atom. The Bertz CT molecular complexity index is 589. The molecule has 0 amide bonds.